The fourth-order valence-corrected chi connectivity index (χ4v) is 4.08. The lowest BCUT2D eigenvalue weighted by Gasteiger charge is -2.17. The fraction of sp³-hybridized carbons (Fsp3) is 0.174. The van der Waals surface area contributed by atoms with Crippen LogP contribution in [0.25, 0.3) is 0 Å². The Hall–Kier alpha value is -3.47. The van der Waals surface area contributed by atoms with Crippen LogP contribution >= 0.6 is 0 Å². The van der Waals surface area contributed by atoms with Crippen LogP contribution in [0.4, 0.5) is 11.4 Å². The molecular formula is C23H21N2O3+. The predicted molar refractivity (Wildman–Crippen MR) is 108 cm³/mol. The highest BCUT2D eigenvalue weighted by atomic mass is 16.6. The van der Waals surface area contributed by atoms with Gasteiger partial charge in [-0.2, -0.15) is 4.58 Å². The van der Waals surface area contributed by atoms with Gasteiger partial charge in [-0.05, 0) is 32.0 Å². The van der Waals surface area contributed by atoms with Crippen LogP contribution in [0.1, 0.15) is 30.5 Å². The smallest absolute Gasteiger partial charge is 0.270 e. The molecule has 0 radical (unpaired) electrons. The molecule has 0 atom stereocenters. The number of nitro groups is 1. The first-order valence-corrected chi connectivity index (χ1v) is 9.16. The predicted octanol–water partition coefficient (Wildman–Crippen LogP) is 4.93. The van der Waals surface area contributed by atoms with E-state index in [9.17, 15) is 15.2 Å². The number of benzene rings is 3. The molecule has 0 spiro atoms. The van der Waals surface area contributed by atoms with Gasteiger partial charge in [0.2, 0.25) is 5.69 Å². The van der Waals surface area contributed by atoms with Crippen molar-refractivity contribution in [3.63, 3.8) is 0 Å². The van der Waals surface area contributed by atoms with Gasteiger partial charge in [0.1, 0.15) is 5.75 Å². The van der Waals surface area contributed by atoms with Crippen molar-refractivity contribution in [3.8, 4) is 5.75 Å². The molecule has 0 unspecified atom stereocenters. The summed E-state index contributed by atoms with van der Waals surface area (Å²) in [5.74, 6) is 0.0557. The molecular weight excluding hydrogens is 352 g/mol. The van der Waals surface area contributed by atoms with E-state index in [0.29, 0.717) is 12.1 Å². The number of rotatable bonds is 4. The van der Waals surface area contributed by atoms with Crippen LogP contribution in [-0.2, 0) is 12.0 Å². The van der Waals surface area contributed by atoms with E-state index in [1.807, 2.05) is 30.3 Å². The molecule has 1 aliphatic heterocycles. The van der Waals surface area contributed by atoms with Crippen LogP contribution in [0.5, 0.6) is 5.75 Å². The first-order valence-electron chi connectivity index (χ1n) is 9.16. The number of phenols is 1. The molecule has 0 saturated heterocycles. The van der Waals surface area contributed by atoms with E-state index in [4.69, 9.17) is 0 Å². The van der Waals surface area contributed by atoms with Crippen molar-refractivity contribution in [1.82, 2.24) is 0 Å². The molecule has 0 fully saturated rings. The molecule has 28 heavy (non-hydrogen) atoms. The Labute approximate surface area is 163 Å². The van der Waals surface area contributed by atoms with Crippen LogP contribution in [0.15, 0.2) is 72.8 Å². The van der Waals surface area contributed by atoms with Gasteiger partial charge in [0.15, 0.2) is 12.3 Å². The Morgan fingerprint density at radius 2 is 1.68 bits per heavy atom. The molecule has 0 amide bonds. The number of hydrogen-bond donors (Lipinski definition) is 1. The molecule has 1 N–H and O–H groups in total. The monoisotopic (exact) mass is 373 g/mol. The molecule has 5 nitrogen and oxygen atoms in total. The summed E-state index contributed by atoms with van der Waals surface area (Å²) < 4.78 is 2.16. The summed E-state index contributed by atoms with van der Waals surface area (Å²) in [6.07, 6.45) is 0. The summed E-state index contributed by atoms with van der Waals surface area (Å²) in [7, 11) is 0. The van der Waals surface area contributed by atoms with Crippen LogP contribution in [0.3, 0.4) is 0 Å². The number of phenolic OH excluding ortho intramolecular Hbond substituents is 1. The summed E-state index contributed by atoms with van der Waals surface area (Å²) >= 11 is 0. The maximum atomic E-state index is 11.2. The van der Waals surface area contributed by atoms with Gasteiger partial charge in [0.25, 0.3) is 5.69 Å². The first kappa shape index (κ1) is 17.9. The van der Waals surface area contributed by atoms with Crippen LogP contribution < -0.4 is 0 Å². The molecule has 3 aromatic rings. The summed E-state index contributed by atoms with van der Waals surface area (Å²) in [6, 6.07) is 22.5. The van der Waals surface area contributed by atoms with Crippen molar-refractivity contribution in [2.75, 3.05) is 0 Å². The van der Waals surface area contributed by atoms with E-state index in [2.05, 4.69) is 42.7 Å². The molecule has 3 aromatic carbocycles. The lowest BCUT2D eigenvalue weighted by Crippen LogP contribution is -2.30. The number of nitrogens with zero attached hydrogens (tertiary/aromatic N) is 2. The standard InChI is InChI=1S/C23H20N2O3/c1-23(2)19-10-6-7-11-20(19)24(22(23)16-8-4-3-5-9-16)15-17-14-18(25(27)28)12-13-21(17)26/h3-14H,15H2,1-2H3/p+1. The Balaban J connectivity index is 1.93. The van der Waals surface area contributed by atoms with E-state index >= 15 is 0 Å². The molecule has 0 aromatic heterocycles. The van der Waals surface area contributed by atoms with Gasteiger partial charge >= 0.3 is 0 Å². The van der Waals surface area contributed by atoms with E-state index in [0.717, 1.165) is 17.0 Å². The van der Waals surface area contributed by atoms with Crippen LogP contribution in [0.2, 0.25) is 0 Å². The average Bonchev–Trinajstić information content (AvgIpc) is 2.91. The maximum absolute atomic E-state index is 11.2. The van der Waals surface area contributed by atoms with Crippen LogP contribution in [-0.4, -0.2) is 20.3 Å². The molecule has 0 aliphatic carbocycles. The Kier molecular flexibility index (Phi) is 4.23. The highest BCUT2D eigenvalue weighted by Crippen LogP contribution is 2.42. The molecule has 5 heteroatoms. The minimum Gasteiger partial charge on any atom is -0.507 e. The van der Waals surface area contributed by atoms with Gasteiger partial charge < -0.3 is 5.11 Å². The Bertz CT molecular complexity index is 1100. The zero-order valence-electron chi connectivity index (χ0n) is 15.8. The van der Waals surface area contributed by atoms with Gasteiger partial charge in [-0.3, -0.25) is 10.1 Å². The zero-order valence-corrected chi connectivity index (χ0v) is 15.8. The quantitative estimate of drug-likeness (QED) is 0.401. The number of non-ortho nitro benzene ring substituents is 1. The second-order valence-electron chi connectivity index (χ2n) is 7.51. The molecule has 1 heterocycles. The molecule has 1 aliphatic rings. The molecule has 0 bridgehead atoms. The minimum absolute atomic E-state index is 0.0270. The topological polar surface area (TPSA) is 66.4 Å². The van der Waals surface area contributed by atoms with E-state index in [1.165, 1.54) is 23.8 Å². The number of nitro benzene ring substituents is 1. The first-order chi connectivity index (χ1) is 13.4. The Morgan fingerprint density at radius 3 is 2.39 bits per heavy atom. The summed E-state index contributed by atoms with van der Waals surface area (Å²) in [5, 5.41) is 21.5. The van der Waals surface area contributed by atoms with Gasteiger partial charge in [-0.15, -0.1) is 0 Å². The largest absolute Gasteiger partial charge is 0.507 e. The highest BCUT2D eigenvalue weighted by Gasteiger charge is 2.46. The van der Waals surface area contributed by atoms with Crippen molar-refractivity contribution < 1.29 is 14.6 Å². The third-order valence-corrected chi connectivity index (χ3v) is 5.38. The average molecular weight is 373 g/mol. The van der Waals surface area contributed by atoms with Gasteiger partial charge in [-0.25, -0.2) is 0 Å². The minimum atomic E-state index is -0.438. The molecule has 4 rings (SSSR count). The summed E-state index contributed by atoms with van der Waals surface area (Å²) in [6.45, 7) is 4.71. The van der Waals surface area contributed by atoms with E-state index < -0.39 is 4.92 Å². The maximum Gasteiger partial charge on any atom is 0.270 e. The lowest BCUT2D eigenvalue weighted by atomic mass is 9.79. The summed E-state index contributed by atoms with van der Waals surface area (Å²) in [4.78, 5) is 10.8. The summed E-state index contributed by atoms with van der Waals surface area (Å²) in [5.41, 5.74) is 4.70. The van der Waals surface area contributed by atoms with E-state index in [-0.39, 0.29) is 16.9 Å². The third-order valence-electron chi connectivity index (χ3n) is 5.38. The van der Waals surface area contributed by atoms with Crippen molar-refractivity contribution in [3.05, 3.63) is 99.6 Å². The second-order valence-corrected chi connectivity index (χ2v) is 7.51. The van der Waals surface area contributed by atoms with Gasteiger partial charge in [-0.1, -0.05) is 36.4 Å². The van der Waals surface area contributed by atoms with Crippen molar-refractivity contribution in [1.29, 1.82) is 0 Å². The molecule has 140 valence electrons. The number of aromatic hydroxyl groups is 1. The van der Waals surface area contributed by atoms with Crippen molar-refractivity contribution in [2.24, 2.45) is 0 Å². The highest BCUT2D eigenvalue weighted by molar-refractivity contribution is 6.07. The zero-order chi connectivity index (χ0) is 19.9. The number of hydrogen-bond acceptors (Lipinski definition) is 3. The van der Waals surface area contributed by atoms with Gasteiger partial charge in [0, 0.05) is 29.3 Å². The second kappa shape index (κ2) is 6.60. The van der Waals surface area contributed by atoms with Crippen molar-refractivity contribution in [2.45, 2.75) is 25.8 Å². The number of fused-ring (bicyclic) bond motifs is 1. The fourth-order valence-electron chi connectivity index (χ4n) is 4.08. The van der Waals surface area contributed by atoms with Crippen LogP contribution in [0, 0.1) is 10.1 Å². The van der Waals surface area contributed by atoms with Gasteiger partial charge in [0.05, 0.1) is 15.9 Å². The third kappa shape index (κ3) is 2.85. The number of para-hydroxylation sites is 1. The van der Waals surface area contributed by atoms with E-state index in [1.54, 1.807) is 0 Å². The van der Waals surface area contributed by atoms with Crippen molar-refractivity contribution >= 4 is 17.1 Å². The lowest BCUT2D eigenvalue weighted by molar-refractivity contribution is -0.455. The normalized spacial score (nSPS) is 14.8. The molecule has 0 saturated carbocycles. The SMILES string of the molecule is CC1(C)C(c2ccccc2)=[N+](Cc2cc([N+](=O)[O-])ccc2O)c2ccccc21. The Morgan fingerprint density at radius 1 is 1.00 bits per heavy atom.